The summed E-state index contributed by atoms with van der Waals surface area (Å²) in [5, 5.41) is 12.7. The van der Waals surface area contributed by atoms with E-state index in [1.54, 1.807) is 6.92 Å². The summed E-state index contributed by atoms with van der Waals surface area (Å²) in [6, 6.07) is 4.28. The number of hydrogen-bond acceptors (Lipinski definition) is 3. The van der Waals surface area contributed by atoms with Crippen LogP contribution in [0.4, 0.5) is 13.2 Å². The second kappa shape index (κ2) is 4.99. The molecular weight excluding hydrogens is 275 g/mol. The van der Waals surface area contributed by atoms with E-state index in [9.17, 15) is 18.0 Å². The summed E-state index contributed by atoms with van der Waals surface area (Å²) in [6.45, 7) is 1.68. The molecule has 0 aliphatic heterocycles. The first-order valence-corrected chi connectivity index (χ1v) is 5.74. The lowest BCUT2D eigenvalue weighted by Crippen LogP contribution is -2.05. The highest BCUT2D eigenvalue weighted by Crippen LogP contribution is 2.33. The van der Waals surface area contributed by atoms with Crippen molar-refractivity contribution in [2.75, 3.05) is 0 Å². The largest absolute Gasteiger partial charge is 0.477 e. The number of aryl methyl sites for hydroxylation is 1. The molecule has 4 nitrogen and oxygen atoms in total. The molecule has 0 bridgehead atoms. The van der Waals surface area contributed by atoms with Crippen molar-refractivity contribution in [3.63, 3.8) is 0 Å². The number of aromatic carboxylic acids is 1. The molecule has 0 unspecified atom stereocenters. The molecule has 0 aliphatic rings. The highest BCUT2D eigenvalue weighted by atomic mass is 19.4. The van der Waals surface area contributed by atoms with Crippen LogP contribution < -0.4 is 0 Å². The number of aromatic nitrogens is 1. The maximum atomic E-state index is 12.7. The fourth-order valence-corrected chi connectivity index (χ4v) is 1.82. The van der Waals surface area contributed by atoms with Crippen LogP contribution in [0.3, 0.4) is 0 Å². The van der Waals surface area contributed by atoms with Gasteiger partial charge in [0.1, 0.15) is 5.56 Å². The number of carbonyl (C=O) groups is 1. The van der Waals surface area contributed by atoms with Crippen LogP contribution in [0.1, 0.15) is 28.5 Å². The standard InChI is InChI=1S/C13H10F3NO3/c1-2-9-10(12(18)19)11(20-17-9)7-4-3-5-8(6-7)13(14,15)16/h3-6H,2H2,1H3,(H,18,19). The molecule has 2 rings (SSSR count). The van der Waals surface area contributed by atoms with E-state index in [2.05, 4.69) is 5.16 Å². The molecule has 0 saturated heterocycles. The van der Waals surface area contributed by atoms with Gasteiger partial charge in [0, 0.05) is 5.56 Å². The summed E-state index contributed by atoms with van der Waals surface area (Å²) in [5.74, 6) is -1.45. The smallest absolute Gasteiger partial charge is 0.416 e. The number of hydrogen-bond donors (Lipinski definition) is 1. The normalized spacial score (nSPS) is 11.6. The number of nitrogens with zero attached hydrogens (tertiary/aromatic N) is 1. The van der Waals surface area contributed by atoms with Gasteiger partial charge in [0.15, 0.2) is 5.76 Å². The first kappa shape index (κ1) is 14.1. The molecule has 2 aromatic rings. The Kier molecular flexibility index (Phi) is 3.52. The maximum Gasteiger partial charge on any atom is 0.416 e. The Hall–Kier alpha value is -2.31. The van der Waals surface area contributed by atoms with Crippen molar-refractivity contribution in [2.45, 2.75) is 19.5 Å². The topological polar surface area (TPSA) is 63.3 Å². The first-order valence-electron chi connectivity index (χ1n) is 5.74. The Bertz CT molecular complexity index is 647. The van der Waals surface area contributed by atoms with Gasteiger partial charge in [-0.3, -0.25) is 0 Å². The number of carboxylic acids is 1. The molecule has 1 aromatic carbocycles. The molecule has 0 atom stereocenters. The summed E-state index contributed by atoms with van der Waals surface area (Å²) < 4.78 is 42.9. The Morgan fingerprint density at radius 3 is 2.65 bits per heavy atom. The zero-order valence-corrected chi connectivity index (χ0v) is 10.4. The number of alkyl halides is 3. The van der Waals surface area contributed by atoms with Gasteiger partial charge in [-0.25, -0.2) is 4.79 Å². The molecule has 20 heavy (non-hydrogen) atoms. The molecule has 0 radical (unpaired) electrons. The van der Waals surface area contributed by atoms with Gasteiger partial charge in [-0.05, 0) is 18.6 Å². The predicted octanol–water partition coefficient (Wildman–Crippen LogP) is 3.62. The first-order chi connectivity index (χ1) is 9.34. The Morgan fingerprint density at radius 1 is 1.40 bits per heavy atom. The van der Waals surface area contributed by atoms with Gasteiger partial charge in [-0.15, -0.1) is 0 Å². The van der Waals surface area contributed by atoms with E-state index in [4.69, 9.17) is 9.63 Å². The zero-order chi connectivity index (χ0) is 14.9. The minimum absolute atomic E-state index is 0.0319. The van der Waals surface area contributed by atoms with Crippen LogP contribution in [0.2, 0.25) is 0 Å². The van der Waals surface area contributed by atoms with Crippen molar-refractivity contribution in [1.82, 2.24) is 5.16 Å². The quantitative estimate of drug-likeness (QED) is 0.935. The molecule has 1 aromatic heterocycles. The number of benzene rings is 1. The highest BCUT2D eigenvalue weighted by molar-refractivity contribution is 5.95. The third kappa shape index (κ3) is 2.52. The van der Waals surface area contributed by atoms with Crippen LogP contribution in [-0.4, -0.2) is 16.2 Å². The van der Waals surface area contributed by atoms with E-state index in [1.807, 2.05) is 0 Å². The molecule has 1 heterocycles. The molecule has 0 spiro atoms. The fraction of sp³-hybridized carbons (Fsp3) is 0.231. The molecule has 0 aliphatic carbocycles. The molecular formula is C13H10F3NO3. The molecule has 0 amide bonds. The Balaban J connectivity index is 2.58. The van der Waals surface area contributed by atoms with Gasteiger partial charge >= 0.3 is 12.1 Å². The van der Waals surface area contributed by atoms with E-state index in [1.165, 1.54) is 12.1 Å². The molecule has 0 fully saturated rings. The van der Waals surface area contributed by atoms with E-state index in [-0.39, 0.29) is 22.6 Å². The van der Waals surface area contributed by atoms with Crippen molar-refractivity contribution >= 4 is 5.97 Å². The lowest BCUT2D eigenvalue weighted by atomic mass is 10.0. The third-order valence-corrected chi connectivity index (χ3v) is 2.76. The van der Waals surface area contributed by atoms with Crippen LogP contribution >= 0.6 is 0 Å². The van der Waals surface area contributed by atoms with Crippen LogP contribution in [-0.2, 0) is 12.6 Å². The van der Waals surface area contributed by atoms with Crippen molar-refractivity contribution in [2.24, 2.45) is 0 Å². The summed E-state index contributed by atoms with van der Waals surface area (Å²) in [4.78, 5) is 11.2. The maximum absolute atomic E-state index is 12.7. The Labute approximate surface area is 111 Å². The van der Waals surface area contributed by atoms with E-state index in [0.717, 1.165) is 12.1 Å². The van der Waals surface area contributed by atoms with Gasteiger partial charge < -0.3 is 9.63 Å². The number of rotatable bonds is 3. The van der Waals surface area contributed by atoms with Crippen molar-refractivity contribution in [3.05, 3.63) is 41.1 Å². The van der Waals surface area contributed by atoms with E-state index in [0.29, 0.717) is 6.42 Å². The molecule has 1 N–H and O–H groups in total. The van der Waals surface area contributed by atoms with Crippen molar-refractivity contribution in [1.29, 1.82) is 0 Å². The van der Waals surface area contributed by atoms with Crippen LogP contribution in [0.25, 0.3) is 11.3 Å². The van der Waals surface area contributed by atoms with Gasteiger partial charge in [0.2, 0.25) is 0 Å². The zero-order valence-electron chi connectivity index (χ0n) is 10.4. The summed E-state index contributed by atoms with van der Waals surface area (Å²) in [6.07, 6.45) is -4.20. The van der Waals surface area contributed by atoms with Gasteiger partial charge in [-0.1, -0.05) is 24.2 Å². The molecule has 7 heteroatoms. The average molecular weight is 285 g/mol. The number of halogens is 3. The molecule has 0 saturated carbocycles. The van der Waals surface area contributed by atoms with Crippen LogP contribution in [0.5, 0.6) is 0 Å². The van der Waals surface area contributed by atoms with Gasteiger partial charge in [0.25, 0.3) is 0 Å². The summed E-state index contributed by atoms with van der Waals surface area (Å²) >= 11 is 0. The van der Waals surface area contributed by atoms with E-state index < -0.39 is 17.7 Å². The Morgan fingerprint density at radius 2 is 2.10 bits per heavy atom. The predicted molar refractivity (Wildman–Crippen MR) is 63.3 cm³/mol. The second-order valence-corrected chi connectivity index (χ2v) is 4.07. The van der Waals surface area contributed by atoms with Crippen molar-refractivity contribution < 1.29 is 27.6 Å². The number of carboxylic acid groups (broad SMARTS) is 1. The average Bonchev–Trinajstić information content (AvgIpc) is 2.81. The van der Waals surface area contributed by atoms with Gasteiger partial charge in [-0.2, -0.15) is 13.2 Å². The lowest BCUT2D eigenvalue weighted by Gasteiger charge is -2.07. The summed E-state index contributed by atoms with van der Waals surface area (Å²) in [5.41, 5.74) is -0.845. The minimum Gasteiger partial charge on any atom is -0.477 e. The highest BCUT2D eigenvalue weighted by Gasteiger charge is 2.31. The summed E-state index contributed by atoms with van der Waals surface area (Å²) in [7, 11) is 0. The third-order valence-electron chi connectivity index (χ3n) is 2.76. The minimum atomic E-state index is -4.51. The van der Waals surface area contributed by atoms with Gasteiger partial charge in [0.05, 0.1) is 11.3 Å². The van der Waals surface area contributed by atoms with E-state index >= 15 is 0 Å². The SMILES string of the molecule is CCc1noc(-c2cccc(C(F)(F)F)c2)c1C(=O)O. The monoisotopic (exact) mass is 285 g/mol. The lowest BCUT2D eigenvalue weighted by molar-refractivity contribution is -0.137. The second-order valence-electron chi connectivity index (χ2n) is 4.07. The van der Waals surface area contributed by atoms with Crippen LogP contribution in [0.15, 0.2) is 28.8 Å². The van der Waals surface area contributed by atoms with Crippen molar-refractivity contribution in [3.8, 4) is 11.3 Å². The molecule has 106 valence electrons. The fourth-order valence-electron chi connectivity index (χ4n) is 1.82. The van der Waals surface area contributed by atoms with Crippen LogP contribution in [0, 0.1) is 0 Å².